The van der Waals surface area contributed by atoms with Crippen LogP contribution >= 0.6 is 0 Å². The molecule has 1 aliphatic rings. The minimum absolute atomic E-state index is 0.466. The van der Waals surface area contributed by atoms with Gasteiger partial charge in [-0.3, -0.25) is 4.79 Å². The normalized spacial score (nSPS) is 16.5. The van der Waals surface area contributed by atoms with Gasteiger partial charge >= 0.3 is 5.97 Å². The zero-order chi connectivity index (χ0) is 13.6. The Labute approximate surface area is 112 Å². The number of carboxylic acid groups (broad SMARTS) is 1. The fraction of sp³-hybridized carbons (Fsp3) is 0.438. The first-order chi connectivity index (χ1) is 9.01. The van der Waals surface area contributed by atoms with Crippen molar-refractivity contribution in [3.8, 4) is 0 Å². The average Bonchev–Trinajstić information content (AvgIpc) is 2.67. The fourth-order valence-electron chi connectivity index (χ4n) is 2.80. The molecule has 1 heterocycles. The Morgan fingerprint density at radius 3 is 2.58 bits per heavy atom. The predicted octanol–water partition coefficient (Wildman–Crippen LogP) is 3.73. The molecule has 19 heavy (non-hydrogen) atoms. The standard InChI is InChI=1S/C16H19NO2/c1-16(2,15(18)19)14-10-11-6-3-4-9-13(11)17(14)12-7-5-8-12/h3-4,6,9-10,12H,5,7-8H2,1-2H3,(H,18,19). The van der Waals surface area contributed by atoms with Crippen molar-refractivity contribution < 1.29 is 9.90 Å². The van der Waals surface area contributed by atoms with Gasteiger partial charge in [-0.2, -0.15) is 0 Å². The molecule has 0 amide bonds. The first-order valence-corrected chi connectivity index (χ1v) is 6.85. The first-order valence-electron chi connectivity index (χ1n) is 6.85. The Morgan fingerprint density at radius 2 is 2.00 bits per heavy atom. The number of aromatic nitrogens is 1. The second-order valence-corrected chi connectivity index (χ2v) is 5.97. The van der Waals surface area contributed by atoms with E-state index in [1.165, 1.54) is 6.42 Å². The summed E-state index contributed by atoms with van der Waals surface area (Å²) in [6.07, 6.45) is 3.55. The number of fused-ring (bicyclic) bond motifs is 1. The van der Waals surface area contributed by atoms with E-state index in [0.717, 1.165) is 29.4 Å². The summed E-state index contributed by atoms with van der Waals surface area (Å²) in [5, 5.41) is 10.6. The van der Waals surface area contributed by atoms with E-state index in [1.807, 2.05) is 18.2 Å². The molecule has 0 bridgehead atoms. The lowest BCUT2D eigenvalue weighted by Crippen LogP contribution is -2.33. The molecule has 3 nitrogen and oxygen atoms in total. The topological polar surface area (TPSA) is 42.2 Å². The van der Waals surface area contributed by atoms with E-state index in [1.54, 1.807) is 13.8 Å². The Balaban J connectivity index is 2.25. The van der Waals surface area contributed by atoms with Crippen molar-refractivity contribution in [3.05, 3.63) is 36.0 Å². The highest BCUT2D eigenvalue weighted by Crippen LogP contribution is 2.40. The third-order valence-corrected chi connectivity index (χ3v) is 4.36. The van der Waals surface area contributed by atoms with Gasteiger partial charge in [0.2, 0.25) is 0 Å². The highest BCUT2D eigenvalue weighted by molar-refractivity contribution is 5.86. The van der Waals surface area contributed by atoms with Gasteiger partial charge < -0.3 is 9.67 Å². The molecule has 3 heteroatoms. The molecular weight excluding hydrogens is 238 g/mol. The zero-order valence-electron chi connectivity index (χ0n) is 11.4. The summed E-state index contributed by atoms with van der Waals surface area (Å²) in [7, 11) is 0. The van der Waals surface area contributed by atoms with Crippen LogP contribution in [0, 0.1) is 0 Å². The largest absolute Gasteiger partial charge is 0.481 e. The third kappa shape index (κ3) is 1.76. The number of hydrogen-bond acceptors (Lipinski definition) is 1. The third-order valence-electron chi connectivity index (χ3n) is 4.36. The number of para-hydroxylation sites is 1. The van der Waals surface area contributed by atoms with Crippen molar-refractivity contribution >= 4 is 16.9 Å². The lowest BCUT2D eigenvalue weighted by Gasteiger charge is -2.33. The smallest absolute Gasteiger partial charge is 0.315 e. The molecule has 0 unspecified atom stereocenters. The van der Waals surface area contributed by atoms with E-state index in [-0.39, 0.29) is 0 Å². The van der Waals surface area contributed by atoms with Crippen molar-refractivity contribution in [2.45, 2.75) is 44.6 Å². The Bertz CT molecular complexity index is 635. The Kier molecular flexibility index (Phi) is 2.66. The van der Waals surface area contributed by atoms with Crippen LogP contribution in [-0.2, 0) is 10.2 Å². The zero-order valence-corrected chi connectivity index (χ0v) is 11.4. The van der Waals surface area contributed by atoms with E-state index in [9.17, 15) is 9.90 Å². The van der Waals surface area contributed by atoms with Crippen LogP contribution in [0.15, 0.2) is 30.3 Å². The number of carbonyl (C=O) groups is 1. The lowest BCUT2D eigenvalue weighted by atomic mass is 9.86. The van der Waals surface area contributed by atoms with Crippen molar-refractivity contribution in [2.24, 2.45) is 0 Å². The van der Waals surface area contributed by atoms with E-state index in [0.29, 0.717) is 6.04 Å². The van der Waals surface area contributed by atoms with Crippen molar-refractivity contribution in [3.63, 3.8) is 0 Å². The van der Waals surface area contributed by atoms with Gasteiger partial charge in [-0.05, 0) is 50.6 Å². The molecule has 1 aromatic heterocycles. The van der Waals surface area contributed by atoms with Gasteiger partial charge in [0.15, 0.2) is 0 Å². The number of benzene rings is 1. The minimum Gasteiger partial charge on any atom is -0.481 e. The van der Waals surface area contributed by atoms with E-state index in [2.05, 4.69) is 16.7 Å². The number of aliphatic carboxylic acids is 1. The van der Waals surface area contributed by atoms with Gasteiger partial charge in [0.1, 0.15) is 5.41 Å². The van der Waals surface area contributed by atoms with Crippen LogP contribution in [0.5, 0.6) is 0 Å². The number of carboxylic acids is 1. The minimum atomic E-state index is -0.853. The first kappa shape index (κ1) is 12.3. The van der Waals surface area contributed by atoms with Crippen molar-refractivity contribution in [1.82, 2.24) is 4.57 Å². The second-order valence-electron chi connectivity index (χ2n) is 5.97. The molecule has 100 valence electrons. The highest BCUT2D eigenvalue weighted by Gasteiger charge is 2.36. The molecule has 2 aromatic rings. The molecule has 1 aromatic carbocycles. The molecule has 1 fully saturated rings. The summed E-state index contributed by atoms with van der Waals surface area (Å²) in [4.78, 5) is 11.6. The maximum atomic E-state index is 11.6. The molecule has 0 atom stereocenters. The fourth-order valence-corrected chi connectivity index (χ4v) is 2.80. The summed E-state index contributed by atoms with van der Waals surface area (Å²) in [5.74, 6) is -0.768. The van der Waals surface area contributed by atoms with Gasteiger partial charge in [-0.25, -0.2) is 0 Å². The number of rotatable bonds is 3. The van der Waals surface area contributed by atoms with Crippen molar-refractivity contribution in [2.75, 3.05) is 0 Å². The SMILES string of the molecule is CC(C)(C(=O)O)c1cc2ccccc2n1C1CCC1. The van der Waals surface area contributed by atoms with Gasteiger partial charge in [0.05, 0.1) is 0 Å². The maximum Gasteiger partial charge on any atom is 0.315 e. The monoisotopic (exact) mass is 257 g/mol. The van der Waals surface area contributed by atoms with Crippen LogP contribution in [0.25, 0.3) is 10.9 Å². The Morgan fingerprint density at radius 1 is 1.32 bits per heavy atom. The summed E-state index contributed by atoms with van der Waals surface area (Å²) in [6, 6.07) is 10.7. The van der Waals surface area contributed by atoms with E-state index < -0.39 is 11.4 Å². The van der Waals surface area contributed by atoms with Crippen LogP contribution in [-0.4, -0.2) is 15.6 Å². The van der Waals surface area contributed by atoms with Gasteiger partial charge in [0, 0.05) is 17.3 Å². The predicted molar refractivity (Wildman–Crippen MR) is 75.5 cm³/mol. The second kappa shape index (κ2) is 4.12. The van der Waals surface area contributed by atoms with Crippen LogP contribution in [0.4, 0.5) is 0 Å². The molecule has 1 N–H and O–H groups in total. The van der Waals surface area contributed by atoms with Crippen LogP contribution < -0.4 is 0 Å². The number of hydrogen-bond donors (Lipinski definition) is 1. The Hall–Kier alpha value is -1.77. The van der Waals surface area contributed by atoms with Crippen LogP contribution in [0.2, 0.25) is 0 Å². The van der Waals surface area contributed by atoms with Crippen LogP contribution in [0.1, 0.15) is 44.8 Å². The van der Waals surface area contributed by atoms with E-state index >= 15 is 0 Å². The molecule has 1 aliphatic carbocycles. The van der Waals surface area contributed by atoms with Gasteiger partial charge in [-0.1, -0.05) is 18.2 Å². The molecule has 0 radical (unpaired) electrons. The molecule has 1 saturated carbocycles. The van der Waals surface area contributed by atoms with Crippen molar-refractivity contribution in [1.29, 1.82) is 0 Å². The van der Waals surface area contributed by atoms with E-state index in [4.69, 9.17) is 0 Å². The molecule has 0 aliphatic heterocycles. The molecule has 0 spiro atoms. The summed E-state index contributed by atoms with van der Waals surface area (Å²) >= 11 is 0. The number of nitrogens with zero attached hydrogens (tertiary/aromatic N) is 1. The lowest BCUT2D eigenvalue weighted by molar-refractivity contribution is -0.142. The van der Waals surface area contributed by atoms with Crippen LogP contribution in [0.3, 0.4) is 0 Å². The maximum absolute atomic E-state index is 11.6. The molecule has 0 saturated heterocycles. The average molecular weight is 257 g/mol. The highest BCUT2D eigenvalue weighted by atomic mass is 16.4. The summed E-state index contributed by atoms with van der Waals surface area (Å²) in [5.41, 5.74) is 1.23. The quantitative estimate of drug-likeness (QED) is 0.910. The van der Waals surface area contributed by atoms with Gasteiger partial charge in [-0.15, -0.1) is 0 Å². The molecule has 3 rings (SSSR count). The summed E-state index contributed by atoms with van der Waals surface area (Å²) < 4.78 is 2.26. The van der Waals surface area contributed by atoms with Gasteiger partial charge in [0.25, 0.3) is 0 Å². The molecular formula is C16H19NO2. The summed E-state index contributed by atoms with van der Waals surface area (Å²) in [6.45, 7) is 3.58.